The summed E-state index contributed by atoms with van der Waals surface area (Å²) in [6.45, 7) is 1.86. The molecule has 1 N–H and O–H groups in total. The molecule has 0 saturated carbocycles. The maximum absolute atomic E-state index is 11.1. The number of ether oxygens (including phenoxy) is 1. The number of nitro benzene ring substituents is 1. The van der Waals surface area contributed by atoms with Gasteiger partial charge in [-0.25, -0.2) is 0 Å². The Balaban J connectivity index is 1.98. The summed E-state index contributed by atoms with van der Waals surface area (Å²) in [6.07, 6.45) is -0.335. The third kappa shape index (κ3) is 2.73. The third-order valence-corrected chi connectivity index (χ3v) is 3.37. The Labute approximate surface area is 124 Å². The molecule has 1 saturated heterocycles. The maximum atomic E-state index is 11.1. The zero-order chi connectivity index (χ0) is 14.8. The van der Waals surface area contributed by atoms with E-state index >= 15 is 0 Å². The fourth-order valence-electron chi connectivity index (χ4n) is 2.08. The number of benzene rings is 1. The van der Waals surface area contributed by atoms with Gasteiger partial charge in [-0.1, -0.05) is 22.8 Å². The monoisotopic (exact) mass is 310 g/mol. The highest BCUT2D eigenvalue weighted by Crippen LogP contribution is 2.35. The first kappa shape index (κ1) is 13.9. The lowest BCUT2D eigenvalue weighted by atomic mass is 10.2. The Morgan fingerprint density at radius 3 is 3.05 bits per heavy atom. The van der Waals surface area contributed by atoms with Gasteiger partial charge in [0.05, 0.1) is 16.6 Å². The van der Waals surface area contributed by atoms with Gasteiger partial charge in [-0.15, -0.1) is 0 Å². The lowest BCUT2D eigenvalue weighted by Gasteiger charge is -2.20. The molecule has 1 unspecified atom stereocenters. The first-order valence-electron chi connectivity index (χ1n) is 6.26. The molecular formula is C12H11ClN4O4. The molecule has 2 aromatic rings. The van der Waals surface area contributed by atoms with Crippen LogP contribution in [0.3, 0.4) is 0 Å². The van der Waals surface area contributed by atoms with Gasteiger partial charge in [-0.05, 0) is 6.07 Å². The van der Waals surface area contributed by atoms with Crippen molar-refractivity contribution in [3.8, 4) is 11.5 Å². The Morgan fingerprint density at radius 1 is 1.48 bits per heavy atom. The number of nitrogens with one attached hydrogen (secondary N) is 1. The van der Waals surface area contributed by atoms with E-state index in [1.165, 1.54) is 18.2 Å². The highest BCUT2D eigenvalue weighted by molar-refractivity contribution is 6.33. The predicted molar refractivity (Wildman–Crippen MR) is 73.0 cm³/mol. The Hall–Kier alpha value is -2.03. The summed E-state index contributed by atoms with van der Waals surface area (Å²) in [5, 5.41) is 18.2. The van der Waals surface area contributed by atoms with E-state index in [2.05, 4.69) is 15.5 Å². The maximum Gasteiger partial charge on any atom is 0.283 e. The summed E-state index contributed by atoms with van der Waals surface area (Å²) in [7, 11) is 0. The zero-order valence-corrected chi connectivity index (χ0v) is 11.5. The number of aromatic nitrogens is 2. The molecule has 1 fully saturated rings. The Kier molecular flexibility index (Phi) is 3.82. The van der Waals surface area contributed by atoms with E-state index in [0.717, 1.165) is 6.54 Å². The molecule has 0 amide bonds. The summed E-state index contributed by atoms with van der Waals surface area (Å²) >= 11 is 6.03. The van der Waals surface area contributed by atoms with Crippen molar-refractivity contribution in [3.05, 3.63) is 39.2 Å². The van der Waals surface area contributed by atoms with E-state index in [9.17, 15) is 10.1 Å². The van der Waals surface area contributed by atoms with Gasteiger partial charge in [0.2, 0.25) is 5.82 Å². The van der Waals surface area contributed by atoms with E-state index in [1.54, 1.807) is 0 Å². The van der Waals surface area contributed by atoms with Crippen molar-refractivity contribution in [1.29, 1.82) is 0 Å². The van der Waals surface area contributed by atoms with E-state index < -0.39 is 4.92 Å². The van der Waals surface area contributed by atoms with E-state index in [0.29, 0.717) is 19.0 Å². The lowest BCUT2D eigenvalue weighted by Crippen LogP contribution is -2.33. The zero-order valence-electron chi connectivity index (χ0n) is 10.8. The number of halogens is 1. The molecule has 2 heterocycles. The normalized spacial score (nSPS) is 18.6. The molecule has 1 aromatic carbocycles. The van der Waals surface area contributed by atoms with Crippen molar-refractivity contribution in [2.75, 3.05) is 19.7 Å². The standard InChI is InChI=1S/C12H11ClN4O4/c13-7-2-1-3-8(17(18)19)10(7)12-15-11(16-21-12)9-6-14-4-5-20-9/h1-3,9,14H,4-6H2. The lowest BCUT2D eigenvalue weighted by molar-refractivity contribution is -0.384. The Bertz CT molecular complexity index is 669. The molecule has 1 aliphatic heterocycles. The number of morpholine rings is 1. The fourth-order valence-corrected chi connectivity index (χ4v) is 2.33. The van der Waals surface area contributed by atoms with Gasteiger partial charge in [-0.2, -0.15) is 4.98 Å². The van der Waals surface area contributed by atoms with Gasteiger partial charge in [0.15, 0.2) is 0 Å². The summed E-state index contributed by atoms with van der Waals surface area (Å²) < 4.78 is 10.6. The summed E-state index contributed by atoms with van der Waals surface area (Å²) in [4.78, 5) is 14.7. The second-order valence-corrected chi connectivity index (χ2v) is 4.82. The van der Waals surface area contributed by atoms with Crippen molar-refractivity contribution in [2.24, 2.45) is 0 Å². The minimum absolute atomic E-state index is 0.0106. The van der Waals surface area contributed by atoms with E-state index in [1.807, 2.05) is 0 Å². The first-order valence-corrected chi connectivity index (χ1v) is 6.64. The van der Waals surface area contributed by atoms with Gasteiger partial charge in [0, 0.05) is 19.2 Å². The van der Waals surface area contributed by atoms with Crippen LogP contribution in [0.2, 0.25) is 5.02 Å². The summed E-state index contributed by atoms with van der Waals surface area (Å²) in [5.41, 5.74) is -0.0629. The largest absolute Gasteiger partial charge is 0.367 e. The van der Waals surface area contributed by atoms with Gasteiger partial charge >= 0.3 is 0 Å². The van der Waals surface area contributed by atoms with Crippen LogP contribution in [0.5, 0.6) is 0 Å². The molecule has 1 atom stereocenters. The van der Waals surface area contributed by atoms with Gasteiger partial charge in [0.1, 0.15) is 11.7 Å². The van der Waals surface area contributed by atoms with Crippen LogP contribution in [-0.2, 0) is 4.74 Å². The van der Waals surface area contributed by atoms with Crippen LogP contribution in [0, 0.1) is 10.1 Å². The smallest absolute Gasteiger partial charge is 0.283 e. The van der Waals surface area contributed by atoms with Crippen molar-refractivity contribution in [1.82, 2.24) is 15.5 Å². The summed E-state index contributed by atoms with van der Waals surface area (Å²) in [5.74, 6) is 0.350. The summed E-state index contributed by atoms with van der Waals surface area (Å²) in [6, 6.07) is 4.37. The van der Waals surface area contributed by atoms with Crippen LogP contribution in [-0.4, -0.2) is 34.8 Å². The fraction of sp³-hybridized carbons (Fsp3) is 0.333. The predicted octanol–water partition coefficient (Wildman–Crippen LogP) is 1.96. The van der Waals surface area contributed by atoms with Crippen molar-refractivity contribution in [3.63, 3.8) is 0 Å². The van der Waals surface area contributed by atoms with Gasteiger partial charge in [-0.3, -0.25) is 10.1 Å². The molecule has 0 bridgehead atoms. The molecule has 9 heteroatoms. The SMILES string of the molecule is O=[N+]([O-])c1cccc(Cl)c1-c1nc(C2CNCCO2)no1. The van der Waals surface area contributed by atoms with Gasteiger partial charge in [0.25, 0.3) is 11.6 Å². The molecule has 8 nitrogen and oxygen atoms in total. The number of hydrogen-bond donors (Lipinski definition) is 1. The minimum atomic E-state index is -0.538. The number of nitro groups is 1. The average Bonchev–Trinajstić information content (AvgIpc) is 2.97. The molecule has 3 rings (SSSR count). The third-order valence-electron chi connectivity index (χ3n) is 3.06. The van der Waals surface area contributed by atoms with Crippen LogP contribution >= 0.6 is 11.6 Å². The van der Waals surface area contributed by atoms with E-state index in [-0.39, 0.29) is 28.3 Å². The topological polar surface area (TPSA) is 103 Å². The number of hydrogen-bond acceptors (Lipinski definition) is 7. The van der Waals surface area contributed by atoms with Crippen LogP contribution in [0.4, 0.5) is 5.69 Å². The first-order chi connectivity index (χ1) is 10.2. The van der Waals surface area contributed by atoms with E-state index in [4.69, 9.17) is 20.9 Å². The highest BCUT2D eigenvalue weighted by Gasteiger charge is 2.27. The minimum Gasteiger partial charge on any atom is -0.367 e. The van der Waals surface area contributed by atoms with Crippen LogP contribution < -0.4 is 5.32 Å². The molecule has 110 valence electrons. The van der Waals surface area contributed by atoms with Gasteiger partial charge < -0.3 is 14.6 Å². The van der Waals surface area contributed by atoms with Crippen molar-refractivity contribution >= 4 is 17.3 Å². The molecule has 0 spiro atoms. The Morgan fingerprint density at radius 2 is 2.33 bits per heavy atom. The average molecular weight is 311 g/mol. The number of rotatable bonds is 3. The number of nitrogens with zero attached hydrogens (tertiary/aromatic N) is 3. The molecule has 1 aromatic heterocycles. The quantitative estimate of drug-likeness (QED) is 0.682. The van der Waals surface area contributed by atoms with Crippen LogP contribution in [0.1, 0.15) is 11.9 Å². The molecule has 1 aliphatic rings. The molecule has 0 aliphatic carbocycles. The van der Waals surface area contributed by atoms with Crippen LogP contribution in [0.25, 0.3) is 11.5 Å². The second-order valence-electron chi connectivity index (χ2n) is 4.41. The molecule has 21 heavy (non-hydrogen) atoms. The second kappa shape index (κ2) is 5.76. The molecular weight excluding hydrogens is 300 g/mol. The van der Waals surface area contributed by atoms with Crippen LogP contribution in [0.15, 0.2) is 22.7 Å². The highest BCUT2D eigenvalue weighted by atomic mass is 35.5. The molecule has 0 radical (unpaired) electrons. The van der Waals surface area contributed by atoms with Crippen molar-refractivity contribution in [2.45, 2.75) is 6.10 Å². The van der Waals surface area contributed by atoms with Crippen molar-refractivity contribution < 1.29 is 14.2 Å².